The van der Waals surface area contributed by atoms with E-state index in [1.807, 2.05) is 62.4 Å². The van der Waals surface area contributed by atoms with Crippen LogP contribution in [0.5, 0.6) is 0 Å². The van der Waals surface area contributed by atoms with Gasteiger partial charge in [0.2, 0.25) is 0 Å². The van der Waals surface area contributed by atoms with Crippen molar-refractivity contribution in [3.8, 4) is 0 Å². The van der Waals surface area contributed by atoms with E-state index >= 15 is 0 Å². The van der Waals surface area contributed by atoms with Crippen LogP contribution in [0.15, 0.2) is 66.0 Å². The van der Waals surface area contributed by atoms with Crippen molar-refractivity contribution in [2.45, 2.75) is 38.3 Å². The van der Waals surface area contributed by atoms with Crippen LogP contribution in [-0.2, 0) is 10.3 Å². The van der Waals surface area contributed by atoms with Gasteiger partial charge in [-0.05, 0) is 60.4 Å². The molecule has 32 heavy (non-hydrogen) atoms. The van der Waals surface area contributed by atoms with E-state index in [2.05, 4.69) is 27.7 Å². The van der Waals surface area contributed by atoms with Crippen LogP contribution in [0.4, 0.5) is 4.79 Å². The summed E-state index contributed by atoms with van der Waals surface area (Å²) in [7, 11) is 0. The van der Waals surface area contributed by atoms with E-state index in [1.165, 1.54) is 9.78 Å². The van der Waals surface area contributed by atoms with E-state index < -0.39 is 5.54 Å². The Morgan fingerprint density at radius 1 is 1.00 bits per heavy atom. The summed E-state index contributed by atoms with van der Waals surface area (Å²) in [4.78, 5) is 32.2. The van der Waals surface area contributed by atoms with Crippen molar-refractivity contribution in [1.82, 2.24) is 15.1 Å². The highest BCUT2D eigenvalue weighted by Crippen LogP contribution is 2.39. The first kappa shape index (κ1) is 20.9. The fourth-order valence-electron chi connectivity index (χ4n) is 4.91. The third kappa shape index (κ3) is 3.34. The minimum Gasteiger partial charge on any atom is -0.315 e. The highest BCUT2D eigenvalue weighted by atomic mass is 32.1. The zero-order chi connectivity index (χ0) is 22.3. The molecule has 0 aliphatic carbocycles. The molecule has 0 spiro atoms. The van der Waals surface area contributed by atoms with Gasteiger partial charge in [-0.3, -0.25) is 9.69 Å². The number of benzene rings is 2. The third-order valence-electron chi connectivity index (χ3n) is 6.81. The van der Waals surface area contributed by atoms with Gasteiger partial charge in [0.15, 0.2) is 5.54 Å². The Morgan fingerprint density at radius 3 is 2.53 bits per heavy atom. The molecule has 3 heterocycles. The number of nitrogens with one attached hydrogen (secondary N) is 1. The summed E-state index contributed by atoms with van der Waals surface area (Å²) in [5.74, 6) is -0.214. The van der Waals surface area contributed by atoms with Gasteiger partial charge in [0.25, 0.3) is 5.91 Å². The Hall–Kier alpha value is -2.96. The molecule has 2 aromatic carbocycles. The van der Waals surface area contributed by atoms with Gasteiger partial charge in [0.05, 0.1) is 6.67 Å². The number of likely N-dealkylation sites (tertiary alicyclic amines) is 1. The fourth-order valence-corrected chi connectivity index (χ4v) is 5.80. The molecule has 0 unspecified atom stereocenters. The van der Waals surface area contributed by atoms with Crippen LogP contribution >= 0.6 is 11.3 Å². The van der Waals surface area contributed by atoms with Crippen molar-refractivity contribution >= 4 is 23.3 Å². The van der Waals surface area contributed by atoms with Crippen molar-refractivity contribution in [3.05, 3.63) is 93.2 Å². The molecule has 2 aliphatic heterocycles. The number of urea groups is 1. The van der Waals surface area contributed by atoms with Crippen molar-refractivity contribution < 1.29 is 9.59 Å². The van der Waals surface area contributed by atoms with Gasteiger partial charge < -0.3 is 5.32 Å². The largest absolute Gasteiger partial charge is 0.326 e. The highest BCUT2D eigenvalue weighted by molar-refractivity contribution is 7.10. The number of thiophene rings is 1. The first-order valence-corrected chi connectivity index (χ1v) is 11.9. The molecule has 164 valence electrons. The molecular formula is C26H27N3O2S. The van der Waals surface area contributed by atoms with E-state index in [0.717, 1.165) is 41.6 Å². The second-order valence-electron chi connectivity index (χ2n) is 8.71. The average Bonchev–Trinajstić information content (AvgIpc) is 3.53. The van der Waals surface area contributed by atoms with Gasteiger partial charge in [-0.25, -0.2) is 9.69 Å². The van der Waals surface area contributed by atoms with Crippen LogP contribution in [0.1, 0.15) is 46.0 Å². The van der Waals surface area contributed by atoms with E-state index in [1.54, 1.807) is 11.3 Å². The van der Waals surface area contributed by atoms with E-state index in [-0.39, 0.29) is 18.0 Å². The lowest BCUT2D eigenvalue weighted by atomic mass is 9.81. The van der Waals surface area contributed by atoms with Crippen molar-refractivity contribution in [1.29, 1.82) is 0 Å². The lowest BCUT2D eigenvalue weighted by Gasteiger charge is -2.30. The molecule has 1 aromatic heterocycles. The predicted molar refractivity (Wildman–Crippen MR) is 126 cm³/mol. The minimum absolute atomic E-state index is 0.214. The molecule has 0 radical (unpaired) electrons. The first-order chi connectivity index (χ1) is 15.5. The molecule has 2 atom stereocenters. The maximum Gasteiger partial charge on any atom is 0.326 e. The number of nitrogens with zero attached hydrogens (tertiary/aromatic N) is 2. The third-order valence-corrected chi connectivity index (χ3v) is 7.78. The summed E-state index contributed by atoms with van der Waals surface area (Å²) in [6.45, 7) is 5.26. The topological polar surface area (TPSA) is 52.7 Å². The molecule has 2 fully saturated rings. The first-order valence-electron chi connectivity index (χ1n) is 11.1. The standard InChI is InChI=1S/C26H27N3O2S/c1-18-12-13-21(16-19(18)2)26(20-8-4-3-5-9-20)24(30)29(25(31)27-26)17-28-14-6-10-22(28)23-11-7-15-32-23/h3-5,7-9,11-13,15-16,22H,6,10,14,17H2,1-2H3,(H,27,31)/t22-,26-/m1/s1. The lowest BCUT2D eigenvalue weighted by molar-refractivity contribution is -0.131. The van der Waals surface area contributed by atoms with Gasteiger partial charge in [0.1, 0.15) is 0 Å². The number of carbonyl (C=O) groups is 2. The summed E-state index contributed by atoms with van der Waals surface area (Å²) in [6, 6.07) is 19.7. The van der Waals surface area contributed by atoms with Gasteiger partial charge >= 0.3 is 6.03 Å². The van der Waals surface area contributed by atoms with E-state index in [0.29, 0.717) is 6.67 Å². The van der Waals surface area contributed by atoms with Gasteiger partial charge in [0, 0.05) is 17.5 Å². The molecule has 6 heteroatoms. The van der Waals surface area contributed by atoms with Crippen molar-refractivity contribution in [3.63, 3.8) is 0 Å². The molecule has 0 bridgehead atoms. The molecule has 2 aliphatic rings. The fraction of sp³-hybridized carbons (Fsp3) is 0.308. The zero-order valence-electron chi connectivity index (χ0n) is 18.4. The van der Waals surface area contributed by atoms with E-state index in [4.69, 9.17) is 0 Å². The monoisotopic (exact) mass is 445 g/mol. The van der Waals surface area contributed by atoms with Crippen LogP contribution in [0, 0.1) is 13.8 Å². The highest BCUT2D eigenvalue weighted by Gasteiger charge is 2.54. The number of rotatable bonds is 5. The summed E-state index contributed by atoms with van der Waals surface area (Å²) < 4.78 is 0. The Morgan fingerprint density at radius 2 is 1.81 bits per heavy atom. The normalized spacial score (nSPS) is 23.7. The summed E-state index contributed by atoms with van der Waals surface area (Å²) in [5, 5.41) is 5.17. The van der Waals surface area contributed by atoms with Crippen LogP contribution in [0.3, 0.4) is 0 Å². The molecular weight excluding hydrogens is 418 g/mol. The molecule has 0 saturated carbocycles. The van der Waals surface area contributed by atoms with Crippen LogP contribution in [-0.4, -0.2) is 35.0 Å². The summed E-state index contributed by atoms with van der Waals surface area (Å²) in [5.41, 5.74) is 2.61. The molecule has 5 rings (SSSR count). The molecule has 5 nitrogen and oxygen atoms in total. The molecule has 2 saturated heterocycles. The van der Waals surface area contributed by atoms with Crippen LogP contribution < -0.4 is 5.32 Å². The van der Waals surface area contributed by atoms with Gasteiger partial charge in [-0.15, -0.1) is 11.3 Å². The van der Waals surface area contributed by atoms with Crippen LogP contribution in [0.25, 0.3) is 0 Å². The predicted octanol–water partition coefficient (Wildman–Crippen LogP) is 4.95. The Bertz CT molecular complexity index is 1150. The Kier molecular flexibility index (Phi) is 5.35. The second-order valence-corrected chi connectivity index (χ2v) is 9.68. The lowest BCUT2D eigenvalue weighted by Crippen LogP contribution is -2.46. The number of amides is 3. The molecule has 3 aromatic rings. The average molecular weight is 446 g/mol. The Labute approximate surface area is 192 Å². The zero-order valence-corrected chi connectivity index (χ0v) is 19.2. The van der Waals surface area contributed by atoms with Gasteiger partial charge in [-0.2, -0.15) is 0 Å². The molecule has 3 amide bonds. The van der Waals surface area contributed by atoms with E-state index in [9.17, 15) is 9.59 Å². The maximum atomic E-state index is 14.0. The maximum absolute atomic E-state index is 14.0. The second kappa shape index (κ2) is 8.19. The smallest absolute Gasteiger partial charge is 0.315 e. The Balaban J connectivity index is 1.53. The minimum atomic E-state index is -1.21. The number of carbonyl (C=O) groups excluding carboxylic acids is 2. The number of imide groups is 1. The molecule has 1 N–H and O–H groups in total. The van der Waals surface area contributed by atoms with Crippen LogP contribution in [0.2, 0.25) is 0 Å². The summed E-state index contributed by atoms with van der Waals surface area (Å²) >= 11 is 1.73. The number of aryl methyl sites for hydroxylation is 2. The van der Waals surface area contributed by atoms with Crippen molar-refractivity contribution in [2.75, 3.05) is 13.2 Å². The number of hydrogen-bond donors (Lipinski definition) is 1. The quantitative estimate of drug-likeness (QED) is 0.565. The SMILES string of the molecule is Cc1ccc([C@@]2(c3ccccc3)NC(=O)N(CN3CCC[C@@H]3c3cccs3)C2=O)cc1C. The number of hydrogen-bond acceptors (Lipinski definition) is 4. The summed E-state index contributed by atoms with van der Waals surface area (Å²) in [6.07, 6.45) is 2.11. The van der Waals surface area contributed by atoms with Gasteiger partial charge in [-0.1, -0.05) is 54.6 Å². The van der Waals surface area contributed by atoms with Crippen molar-refractivity contribution in [2.24, 2.45) is 0 Å².